The average Bonchev–Trinajstić information content (AvgIpc) is 3.17. The van der Waals surface area contributed by atoms with Crippen LogP contribution in [0.5, 0.6) is 0 Å². The minimum Gasteiger partial charge on any atom is -0.228 e. The van der Waals surface area contributed by atoms with Crippen LogP contribution in [-0.4, -0.2) is 19.9 Å². The quantitative estimate of drug-likeness (QED) is 0.151. The van der Waals surface area contributed by atoms with Crippen molar-refractivity contribution in [1.82, 2.24) is 19.9 Å². The number of aromatic nitrogens is 4. The SMILES string of the molecule is C=C/C=C(\C=C)c1cc(-c2ccc(-c3cccc(-c4cc(-c5ccccc5)nc(-c5ccccc5)n4)c3)cc2)nc(-c2ccccc2)n1. The molecule has 0 spiro atoms. The lowest BCUT2D eigenvalue weighted by molar-refractivity contribution is 1.16. The lowest BCUT2D eigenvalue weighted by Gasteiger charge is -2.11. The van der Waals surface area contributed by atoms with E-state index in [1.165, 1.54) is 0 Å². The summed E-state index contributed by atoms with van der Waals surface area (Å²) >= 11 is 0. The van der Waals surface area contributed by atoms with E-state index in [1.54, 1.807) is 12.2 Å². The van der Waals surface area contributed by atoms with Gasteiger partial charge in [0.05, 0.1) is 22.8 Å². The first kappa shape index (κ1) is 30.2. The molecule has 0 bridgehead atoms. The molecule has 0 aliphatic rings. The third-order valence-corrected chi connectivity index (χ3v) is 8.07. The van der Waals surface area contributed by atoms with Crippen molar-refractivity contribution >= 4 is 5.57 Å². The van der Waals surface area contributed by atoms with Crippen LogP contribution in [-0.2, 0) is 0 Å². The van der Waals surface area contributed by atoms with Crippen LogP contribution in [0.4, 0.5) is 0 Å². The predicted octanol–water partition coefficient (Wildman–Crippen LogP) is 11.0. The first-order valence-corrected chi connectivity index (χ1v) is 15.8. The van der Waals surface area contributed by atoms with E-state index in [-0.39, 0.29) is 0 Å². The summed E-state index contributed by atoms with van der Waals surface area (Å²) in [7, 11) is 0. The Kier molecular flexibility index (Phi) is 8.70. The average molecular weight is 617 g/mol. The van der Waals surface area contributed by atoms with Gasteiger partial charge in [-0.3, -0.25) is 0 Å². The van der Waals surface area contributed by atoms with Gasteiger partial charge in [-0.05, 0) is 34.9 Å². The topological polar surface area (TPSA) is 51.6 Å². The van der Waals surface area contributed by atoms with Gasteiger partial charge in [0.2, 0.25) is 0 Å². The maximum absolute atomic E-state index is 5.02. The van der Waals surface area contributed by atoms with Crippen LogP contribution in [0.25, 0.3) is 73.2 Å². The van der Waals surface area contributed by atoms with Gasteiger partial charge < -0.3 is 0 Å². The summed E-state index contributed by atoms with van der Waals surface area (Å²) in [5.74, 6) is 1.36. The monoisotopic (exact) mass is 616 g/mol. The highest BCUT2D eigenvalue weighted by atomic mass is 14.9. The Morgan fingerprint density at radius 1 is 0.396 bits per heavy atom. The van der Waals surface area contributed by atoms with Crippen LogP contribution in [0, 0.1) is 0 Å². The number of nitrogens with zero attached hydrogens (tertiary/aromatic N) is 4. The van der Waals surface area contributed by atoms with Gasteiger partial charge in [-0.1, -0.05) is 165 Å². The van der Waals surface area contributed by atoms with E-state index < -0.39 is 0 Å². The summed E-state index contributed by atoms with van der Waals surface area (Å²) in [6.45, 7) is 7.85. The second kappa shape index (κ2) is 13.9. The predicted molar refractivity (Wildman–Crippen MR) is 199 cm³/mol. The molecular weight excluding hydrogens is 585 g/mol. The highest BCUT2D eigenvalue weighted by Crippen LogP contribution is 2.32. The molecule has 4 nitrogen and oxygen atoms in total. The maximum atomic E-state index is 5.02. The van der Waals surface area contributed by atoms with Crippen LogP contribution in [0.3, 0.4) is 0 Å². The van der Waals surface area contributed by atoms with Crippen molar-refractivity contribution in [1.29, 1.82) is 0 Å². The molecule has 0 aliphatic carbocycles. The molecule has 7 rings (SSSR count). The summed E-state index contributed by atoms with van der Waals surface area (Å²) in [4.78, 5) is 19.8. The summed E-state index contributed by atoms with van der Waals surface area (Å²) in [6, 6.07) is 51.4. The van der Waals surface area contributed by atoms with Gasteiger partial charge in [-0.2, -0.15) is 0 Å². The normalized spacial score (nSPS) is 11.2. The van der Waals surface area contributed by atoms with Gasteiger partial charge in [0.1, 0.15) is 0 Å². The Labute approximate surface area is 281 Å². The van der Waals surface area contributed by atoms with E-state index in [2.05, 4.69) is 79.9 Å². The summed E-state index contributed by atoms with van der Waals surface area (Å²) in [5, 5.41) is 0. The Bertz CT molecular complexity index is 2180. The molecule has 0 atom stereocenters. The number of benzene rings is 5. The molecule has 2 heterocycles. The van der Waals surface area contributed by atoms with Gasteiger partial charge in [0.15, 0.2) is 11.6 Å². The van der Waals surface area contributed by atoms with Gasteiger partial charge in [-0.25, -0.2) is 19.9 Å². The molecule has 0 fully saturated rings. The molecule has 5 aromatic carbocycles. The van der Waals surface area contributed by atoms with Crippen molar-refractivity contribution < 1.29 is 0 Å². The first-order valence-electron chi connectivity index (χ1n) is 15.8. The highest BCUT2D eigenvalue weighted by Gasteiger charge is 2.13. The molecule has 0 unspecified atom stereocenters. The largest absolute Gasteiger partial charge is 0.228 e. The van der Waals surface area contributed by atoms with E-state index >= 15 is 0 Å². The third kappa shape index (κ3) is 6.55. The zero-order chi connectivity index (χ0) is 32.7. The van der Waals surface area contributed by atoms with E-state index in [0.29, 0.717) is 11.6 Å². The first-order chi connectivity index (χ1) is 23.7. The minimum absolute atomic E-state index is 0.659. The van der Waals surface area contributed by atoms with Crippen molar-refractivity contribution in [3.05, 3.63) is 189 Å². The summed E-state index contributed by atoms with van der Waals surface area (Å²) in [6.07, 6.45) is 5.45. The third-order valence-electron chi connectivity index (χ3n) is 8.07. The van der Waals surface area contributed by atoms with Crippen LogP contribution in [0.15, 0.2) is 183 Å². The highest BCUT2D eigenvalue weighted by molar-refractivity contribution is 5.79. The van der Waals surface area contributed by atoms with Crippen molar-refractivity contribution in [3.63, 3.8) is 0 Å². The van der Waals surface area contributed by atoms with Crippen molar-refractivity contribution in [2.45, 2.75) is 0 Å². The number of allylic oxidation sites excluding steroid dienone is 4. The lowest BCUT2D eigenvalue weighted by Crippen LogP contribution is -1.97. The number of rotatable bonds is 9. The fraction of sp³-hybridized carbons (Fsp3) is 0. The molecule has 0 N–H and O–H groups in total. The number of hydrogen-bond donors (Lipinski definition) is 0. The van der Waals surface area contributed by atoms with Crippen LogP contribution in [0.1, 0.15) is 5.69 Å². The van der Waals surface area contributed by atoms with E-state index in [9.17, 15) is 0 Å². The van der Waals surface area contributed by atoms with Crippen molar-refractivity contribution in [3.8, 4) is 67.7 Å². The van der Waals surface area contributed by atoms with Gasteiger partial charge in [0, 0.05) is 27.8 Å². The van der Waals surface area contributed by atoms with E-state index in [0.717, 1.165) is 67.3 Å². The molecular formula is C44H32N4. The van der Waals surface area contributed by atoms with Gasteiger partial charge >= 0.3 is 0 Å². The molecule has 2 aromatic heterocycles. The zero-order valence-electron chi connectivity index (χ0n) is 26.4. The minimum atomic E-state index is 0.659. The molecule has 48 heavy (non-hydrogen) atoms. The zero-order valence-corrected chi connectivity index (χ0v) is 26.4. The smallest absolute Gasteiger partial charge is 0.160 e. The van der Waals surface area contributed by atoms with Crippen molar-refractivity contribution in [2.75, 3.05) is 0 Å². The molecule has 0 amide bonds. The molecule has 7 aromatic rings. The molecule has 4 heteroatoms. The lowest BCUT2D eigenvalue weighted by atomic mass is 9.98. The Balaban J connectivity index is 1.26. The second-order valence-corrected chi connectivity index (χ2v) is 11.2. The van der Waals surface area contributed by atoms with E-state index in [4.69, 9.17) is 19.9 Å². The fourth-order valence-corrected chi connectivity index (χ4v) is 5.60. The van der Waals surface area contributed by atoms with E-state index in [1.807, 2.05) is 91.0 Å². The van der Waals surface area contributed by atoms with Crippen LogP contribution < -0.4 is 0 Å². The maximum Gasteiger partial charge on any atom is 0.160 e. The number of hydrogen-bond acceptors (Lipinski definition) is 4. The Hall–Kier alpha value is -6.52. The van der Waals surface area contributed by atoms with Crippen molar-refractivity contribution in [2.24, 2.45) is 0 Å². The van der Waals surface area contributed by atoms with Gasteiger partial charge in [0.25, 0.3) is 0 Å². The van der Waals surface area contributed by atoms with Crippen LogP contribution in [0.2, 0.25) is 0 Å². The Morgan fingerprint density at radius 3 is 1.44 bits per heavy atom. The van der Waals surface area contributed by atoms with Crippen LogP contribution >= 0.6 is 0 Å². The summed E-state index contributed by atoms with van der Waals surface area (Å²) < 4.78 is 0. The molecule has 0 radical (unpaired) electrons. The second-order valence-electron chi connectivity index (χ2n) is 11.2. The molecule has 0 saturated heterocycles. The molecule has 0 saturated carbocycles. The summed E-state index contributed by atoms with van der Waals surface area (Å²) in [5.41, 5.74) is 11.4. The molecule has 228 valence electrons. The molecule has 0 aliphatic heterocycles. The standard InChI is InChI=1S/C44H32N4/c1-3-15-31(4-2)39-29-41(47-43(45-39)35-18-10-6-11-19-35)34-26-24-32(25-27-34)37-22-14-23-38(28-37)42-30-40(33-16-8-5-9-17-33)46-44(48-42)36-20-12-7-13-21-36/h3-30H,1-2H2/b31-15+. The van der Waals surface area contributed by atoms with Gasteiger partial charge in [-0.15, -0.1) is 0 Å². The Morgan fingerprint density at radius 2 is 0.854 bits per heavy atom. The fourth-order valence-electron chi connectivity index (χ4n) is 5.60.